The number of hydrazone groups is 1. The first kappa shape index (κ1) is 13.6. The molecule has 114 valence electrons. The Bertz CT molecular complexity index is 737. The van der Waals surface area contributed by atoms with Gasteiger partial charge in [-0.1, -0.05) is 18.2 Å². The van der Waals surface area contributed by atoms with Crippen LogP contribution in [0.1, 0.15) is 36.8 Å². The molecule has 0 N–H and O–H groups in total. The van der Waals surface area contributed by atoms with E-state index >= 15 is 0 Å². The van der Waals surface area contributed by atoms with Crippen LogP contribution in [-0.2, 0) is 0 Å². The summed E-state index contributed by atoms with van der Waals surface area (Å²) in [7, 11) is 1.68. The van der Waals surface area contributed by atoms with Gasteiger partial charge in [0.2, 0.25) is 0 Å². The van der Waals surface area contributed by atoms with Gasteiger partial charge in [-0.05, 0) is 31.4 Å². The van der Waals surface area contributed by atoms with Crippen molar-refractivity contribution >= 4 is 17.0 Å². The molecule has 5 heteroatoms. The molecule has 0 aliphatic carbocycles. The summed E-state index contributed by atoms with van der Waals surface area (Å²) < 4.78 is 11.7. The monoisotopic (exact) mass is 314 g/mol. The van der Waals surface area contributed by atoms with Gasteiger partial charge in [-0.2, -0.15) is 5.10 Å². The predicted molar refractivity (Wildman–Crippen MR) is 87.8 cm³/mol. The van der Waals surface area contributed by atoms with E-state index in [0.29, 0.717) is 0 Å². The molecular weight excluding hydrogens is 296 g/mol. The Labute approximate surface area is 134 Å². The summed E-state index contributed by atoms with van der Waals surface area (Å²) in [6, 6.07) is 10.5. The lowest BCUT2D eigenvalue weighted by molar-refractivity contribution is -0.0924. The molecule has 0 bridgehead atoms. The first-order valence-electron chi connectivity index (χ1n) is 7.37. The second-order valence-electron chi connectivity index (χ2n) is 6.02. The van der Waals surface area contributed by atoms with E-state index in [2.05, 4.69) is 42.4 Å². The molecule has 2 aliphatic heterocycles. The van der Waals surface area contributed by atoms with Crippen LogP contribution in [0.4, 0.5) is 0 Å². The van der Waals surface area contributed by atoms with Crippen molar-refractivity contribution in [2.75, 3.05) is 7.11 Å². The fourth-order valence-electron chi connectivity index (χ4n) is 3.20. The van der Waals surface area contributed by atoms with Gasteiger partial charge < -0.3 is 9.47 Å². The lowest BCUT2D eigenvalue weighted by Gasteiger charge is -2.43. The Kier molecular flexibility index (Phi) is 2.94. The van der Waals surface area contributed by atoms with E-state index < -0.39 is 5.72 Å². The third kappa shape index (κ3) is 1.92. The van der Waals surface area contributed by atoms with Crippen molar-refractivity contribution in [2.45, 2.75) is 32.0 Å². The summed E-state index contributed by atoms with van der Waals surface area (Å²) in [4.78, 5) is 1.23. The first-order chi connectivity index (χ1) is 10.6. The van der Waals surface area contributed by atoms with E-state index in [0.717, 1.165) is 29.2 Å². The minimum absolute atomic E-state index is 0.200. The van der Waals surface area contributed by atoms with Crippen LogP contribution in [0.3, 0.4) is 0 Å². The SMILES string of the molecule is COc1cccc2c1OC(C)(C)N1N=C(c3cccs3)CC21. The van der Waals surface area contributed by atoms with Gasteiger partial charge >= 0.3 is 0 Å². The molecule has 4 rings (SSSR count). The van der Waals surface area contributed by atoms with Crippen LogP contribution in [0.15, 0.2) is 40.8 Å². The Balaban J connectivity index is 1.81. The van der Waals surface area contributed by atoms with E-state index in [1.165, 1.54) is 4.88 Å². The number of thiophene rings is 1. The van der Waals surface area contributed by atoms with Gasteiger partial charge in [0.1, 0.15) is 0 Å². The van der Waals surface area contributed by atoms with Crippen molar-refractivity contribution in [1.82, 2.24) is 5.01 Å². The number of hydrogen-bond donors (Lipinski definition) is 0. The Morgan fingerprint density at radius 1 is 1.32 bits per heavy atom. The maximum absolute atomic E-state index is 6.22. The number of rotatable bonds is 2. The average Bonchev–Trinajstić information content (AvgIpc) is 3.16. The van der Waals surface area contributed by atoms with Crippen LogP contribution in [0.2, 0.25) is 0 Å². The highest BCUT2D eigenvalue weighted by Crippen LogP contribution is 2.49. The maximum Gasteiger partial charge on any atom is 0.192 e. The fraction of sp³-hybridized carbons (Fsp3) is 0.353. The predicted octanol–water partition coefficient (Wildman–Crippen LogP) is 4.04. The number of hydrogen-bond acceptors (Lipinski definition) is 5. The smallest absolute Gasteiger partial charge is 0.192 e. The molecule has 0 radical (unpaired) electrons. The topological polar surface area (TPSA) is 34.1 Å². The molecule has 2 aromatic rings. The normalized spacial score (nSPS) is 21.7. The molecular formula is C17H18N2O2S. The minimum atomic E-state index is -0.495. The van der Waals surface area contributed by atoms with Crippen molar-refractivity contribution in [1.29, 1.82) is 0 Å². The van der Waals surface area contributed by atoms with Crippen molar-refractivity contribution in [2.24, 2.45) is 5.10 Å². The van der Waals surface area contributed by atoms with Gasteiger partial charge in [0.25, 0.3) is 0 Å². The number of para-hydroxylation sites is 1. The number of benzene rings is 1. The van der Waals surface area contributed by atoms with Crippen LogP contribution in [0.5, 0.6) is 11.5 Å². The molecule has 22 heavy (non-hydrogen) atoms. The molecule has 0 amide bonds. The second kappa shape index (κ2) is 4.74. The van der Waals surface area contributed by atoms with Crippen LogP contribution >= 0.6 is 11.3 Å². The molecule has 3 heterocycles. The zero-order chi connectivity index (χ0) is 15.3. The van der Waals surface area contributed by atoms with Gasteiger partial charge in [-0.3, -0.25) is 0 Å². The van der Waals surface area contributed by atoms with Crippen LogP contribution in [-0.4, -0.2) is 23.6 Å². The van der Waals surface area contributed by atoms with Gasteiger partial charge in [0.15, 0.2) is 17.2 Å². The number of fused-ring (bicyclic) bond motifs is 3. The van der Waals surface area contributed by atoms with Crippen LogP contribution in [0.25, 0.3) is 0 Å². The molecule has 0 fully saturated rings. The minimum Gasteiger partial charge on any atom is -0.493 e. The molecule has 0 spiro atoms. The van der Waals surface area contributed by atoms with E-state index in [-0.39, 0.29) is 6.04 Å². The fourth-order valence-corrected chi connectivity index (χ4v) is 3.92. The summed E-state index contributed by atoms with van der Waals surface area (Å²) in [6.07, 6.45) is 0.896. The second-order valence-corrected chi connectivity index (χ2v) is 6.96. The Hall–Kier alpha value is -2.01. The van der Waals surface area contributed by atoms with E-state index in [4.69, 9.17) is 14.6 Å². The van der Waals surface area contributed by atoms with Gasteiger partial charge in [-0.15, -0.1) is 11.3 Å². The zero-order valence-corrected chi connectivity index (χ0v) is 13.7. The van der Waals surface area contributed by atoms with E-state index in [1.807, 2.05) is 12.1 Å². The third-order valence-corrected chi connectivity index (χ3v) is 5.13. The largest absolute Gasteiger partial charge is 0.493 e. The summed E-state index contributed by atoms with van der Waals surface area (Å²) in [5.74, 6) is 1.63. The Morgan fingerprint density at radius 3 is 2.91 bits per heavy atom. The average molecular weight is 314 g/mol. The summed E-state index contributed by atoms with van der Waals surface area (Å²) >= 11 is 1.73. The van der Waals surface area contributed by atoms with Crippen LogP contribution < -0.4 is 9.47 Å². The molecule has 2 aliphatic rings. The van der Waals surface area contributed by atoms with Gasteiger partial charge in [0, 0.05) is 12.0 Å². The first-order valence-corrected chi connectivity index (χ1v) is 8.25. The van der Waals surface area contributed by atoms with Gasteiger partial charge in [0.05, 0.1) is 23.7 Å². The third-order valence-electron chi connectivity index (χ3n) is 4.21. The maximum atomic E-state index is 6.22. The van der Waals surface area contributed by atoms with Gasteiger partial charge in [-0.25, -0.2) is 5.01 Å². The molecule has 1 atom stereocenters. The molecule has 0 saturated heterocycles. The highest BCUT2D eigenvalue weighted by atomic mass is 32.1. The molecule has 1 aromatic carbocycles. The van der Waals surface area contributed by atoms with E-state index in [1.54, 1.807) is 18.4 Å². The summed E-state index contributed by atoms with van der Waals surface area (Å²) in [5, 5.41) is 9.03. The van der Waals surface area contributed by atoms with Crippen molar-refractivity contribution < 1.29 is 9.47 Å². The molecule has 1 unspecified atom stereocenters. The van der Waals surface area contributed by atoms with Crippen molar-refractivity contribution in [3.05, 3.63) is 46.2 Å². The number of methoxy groups -OCH3 is 1. The quantitative estimate of drug-likeness (QED) is 0.839. The lowest BCUT2D eigenvalue weighted by atomic mass is 9.96. The molecule has 1 aromatic heterocycles. The Morgan fingerprint density at radius 2 is 2.18 bits per heavy atom. The van der Waals surface area contributed by atoms with Crippen LogP contribution in [0, 0.1) is 0 Å². The molecule has 4 nitrogen and oxygen atoms in total. The highest BCUT2D eigenvalue weighted by molar-refractivity contribution is 7.12. The summed E-state index contributed by atoms with van der Waals surface area (Å²) in [5.41, 5.74) is 1.78. The zero-order valence-electron chi connectivity index (χ0n) is 12.9. The van der Waals surface area contributed by atoms with Crippen molar-refractivity contribution in [3.63, 3.8) is 0 Å². The van der Waals surface area contributed by atoms with Crippen molar-refractivity contribution in [3.8, 4) is 11.5 Å². The lowest BCUT2D eigenvalue weighted by Crippen LogP contribution is -2.48. The standard InChI is InChI=1S/C17H18N2O2S/c1-17(2)19-13(10-12(18-19)15-8-5-9-22-15)11-6-4-7-14(20-3)16(11)21-17/h4-9,13H,10H2,1-3H3. The summed E-state index contributed by atoms with van der Waals surface area (Å²) in [6.45, 7) is 4.10. The highest BCUT2D eigenvalue weighted by Gasteiger charge is 2.45. The number of nitrogens with zero attached hydrogens (tertiary/aromatic N) is 2. The molecule has 0 saturated carbocycles. The van der Waals surface area contributed by atoms with E-state index in [9.17, 15) is 0 Å². The number of ether oxygens (including phenoxy) is 2.